The van der Waals surface area contributed by atoms with Crippen LogP contribution in [0.15, 0.2) is 0 Å². The van der Waals surface area contributed by atoms with E-state index in [1.807, 2.05) is 0 Å². The van der Waals surface area contributed by atoms with Gasteiger partial charge in [0, 0.05) is 44.8 Å². The summed E-state index contributed by atoms with van der Waals surface area (Å²) in [6.07, 6.45) is 6.54. The van der Waals surface area contributed by atoms with Gasteiger partial charge in [-0.1, -0.05) is 28.8 Å². The fraction of sp³-hybridized carbons (Fsp3) is 1.00. The van der Waals surface area contributed by atoms with E-state index in [0.29, 0.717) is 0 Å². The van der Waals surface area contributed by atoms with E-state index in [1.165, 1.54) is 25.7 Å². The zero-order valence-electron chi connectivity index (χ0n) is 11.0. The van der Waals surface area contributed by atoms with Crippen molar-refractivity contribution in [3.8, 4) is 0 Å². The van der Waals surface area contributed by atoms with Crippen LogP contribution in [-0.4, -0.2) is 56.3 Å². The minimum Gasteiger partial charge on any atom is -0.385 e. The molecule has 1 rings (SSSR count). The van der Waals surface area contributed by atoms with Gasteiger partial charge in [0.05, 0.1) is 6.61 Å². The van der Waals surface area contributed by atoms with Gasteiger partial charge in [0.2, 0.25) is 0 Å². The minimum absolute atomic E-state index is 0.799. The second-order valence-electron chi connectivity index (χ2n) is 4.62. The van der Waals surface area contributed by atoms with Gasteiger partial charge < -0.3 is 9.47 Å². The molecular weight excluding hydrogens is 282 g/mol. The maximum absolute atomic E-state index is 5.64. The summed E-state index contributed by atoms with van der Waals surface area (Å²) in [6.45, 7) is 4.69. The highest BCUT2D eigenvalue weighted by Gasteiger charge is 2.21. The molecule has 17 heavy (non-hydrogen) atoms. The van der Waals surface area contributed by atoms with Gasteiger partial charge in [-0.05, 0) is 19.3 Å². The standard InChI is InChI=1S/C13H26BrNO2/c1-16-10-4-11-17-12-9-15(8-7-14)13-5-2-3-6-13/h13H,2-12H2,1H3. The molecule has 0 saturated heterocycles. The second-order valence-corrected chi connectivity index (χ2v) is 5.41. The monoisotopic (exact) mass is 307 g/mol. The van der Waals surface area contributed by atoms with Crippen molar-refractivity contribution in [1.82, 2.24) is 4.90 Å². The molecule has 0 aromatic carbocycles. The molecule has 0 unspecified atom stereocenters. The average molecular weight is 308 g/mol. The third-order valence-electron chi connectivity index (χ3n) is 3.37. The van der Waals surface area contributed by atoms with E-state index in [-0.39, 0.29) is 0 Å². The molecule has 0 N–H and O–H groups in total. The first-order chi connectivity index (χ1) is 8.38. The van der Waals surface area contributed by atoms with Crippen LogP contribution in [0.1, 0.15) is 32.1 Å². The molecule has 4 heteroatoms. The molecule has 3 nitrogen and oxygen atoms in total. The zero-order chi connectivity index (χ0) is 12.3. The normalized spacial score (nSPS) is 17.1. The van der Waals surface area contributed by atoms with Crippen LogP contribution in [0.5, 0.6) is 0 Å². The molecule has 0 aromatic rings. The predicted octanol–water partition coefficient (Wildman–Crippen LogP) is 2.68. The lowest BCUT2D eigenvalue weighted by molar-refractivity contribution is 0.0748. The molecule has 0 bridgehead atoms. The third-order valence-corrected chi connectivity index (χ3v) is 3.73. The number of hydrogen-bond acceptors (Lipinski definition) is 3. The molecule has 1 aliphatic carbocycles. The summed E-state index contributed by atoms with van der Waals surface area (Å²) in [5.74, 6) is 0. The fourth-order valence-electron chi connectivity index (χ4n) is 2.44. The molecule has 102 valence electrons. The molecule has 0 radical (unpaired) electrons. The molecule has 1 aliphatic rings. The highest BCUT2D eigenvalue weighted by Crippen LogP contribution is 2.23. The van der Waals surface area contributed by atoms with Crippen LogP contribution in [-0.2, 0) is 9.47 Å². The number of rotatable bonds is 10. The Morgan fingerprint density at radius 1 is 1.12 bits per heavy atom. The highest BCUT2D eigenvalue weighted by atomic mass is 79.9. The van der Waals surface area contributed by atoms with Crippen molar-refractivity contribution >= 4 is 15.9 Å². The maximum atomic E-state index is 5.64. The van der Waals surface area contributed by atoms with Crippen molar-refractivity contribution in [2.24, 2.45) is 0 Å². The molecule has 0 amide bonds. The zero-order valence-corrected chi connectivity index (χ0v) is 12.6. The van der Waals surface area contributed by atoms with Crippen molar-refractivity contribution in [2.75, 3.05) is 45.4 Å². The van der Waals surface area contributed by atoms with Crippen LogP contribution in [0.4, 0.5) is 0 Å². The Bertz CT molecular complexity index is 175. The Hall–Kier alpha value is 0.360. The summed E-state index contributed by atoms with van der Waals surface area (Å²) < 4.78 is 10.6. The topological polar surface area (TPSA) is 21.7 Å². The van der Waals surface area contributed by atoms with Crippen molar-refractivity contribution < 1.29 is 9.47 Å². The Labute approximate surface area is 114 Å². The first-order valence-corrected chi connectivity index (χ1v) is 7.87. The molecular formula is C13H26BrNO2. The van der Waals surface area contributed by atoms with Crippen LogP contribution in [0.2, 0.25) is 0 Å². The van der Waals surface area contributed by atoms with E-state index in [4.69, 9.17) is 9.47 Å². The van der Waals surface area contributed by atoms with Crippen molar-refractivity contribution in [3.05, 3.63) is 0 Å². The molecule has 1 fully saturated rings. The van der Waals surface area contributed by atoms with Gasteiger partial charge in [-0.3, -0.25) is 4.90 Å². The maximum Gasteiger partial charge on any atom is 0.0593 e. The fourth-order valence-corrected chi connectivity index (χ4v) is 2.90. The number of methoxy groups -OCH3 is 1. The van der Waals surface area contributed by atoms with E-state index in [1.54, 1.807) is 7.11 Å². The van der Waals surface area contributed by atoms with Gasteiger partial charge >= 0.3 is 0 Å². The van der Waals surface area contributed by atoms with Crippen LogP contribution in [0.3, 0.4) is 0 Å². The van der Waals surface area contributed by atoms with Crippen LogP contribution < -0.4 is 0 Å². The van der Waals surface area contributed by atoms with Gasteiger partial charge in [0.15, 0.2) is 0 Å². The Balaban J connectivity index is 2.07. The Morgan fingerprint density at radius 2 is 1.88 bits per heavy atom. The van der Waals surface area contributed by atoms with Gasteiger partial charge in [0.25, 0.3) is 0 Å². The number of nitrogens with zero attached hydrogens (tertiary/aromatic N) is 1. The molecule has 0 aromatic heterocycles. The number of alkyl halides is 1. The lowest BCUT2D eigenvalue weighted by atomic mass is 10.2. The van der Waals surface area contributed by atoms with Gasteiger partial charge in [-0.25, -0.2) is 0 Å². The van der Waals surface area contributed by atoms with Crippen molar-refractivity contribution in [1.29, 1.82) is 0 Å². The first kappa shape index (κ1) is 15.4. The van der Waals surface area contributed by atoms with Gasteiger partial charge in [-0.2, -0.15) is 0 Å². The average Bonchev–Trinajstić information content (AvgIpc) is 2.86. The van der Waals surface area contributed by atoms with Gasteiger partial charge in [0.1, 0.15) is 0 Å². The van der Waals surface area contributed by atoms with E-state index in [0.717, 1.165) is 50.7 Å². The Kier molecular flexibility index (Phi) is 9.34. The summed E-state index contributed by atoms with van der Waals surface area (Å²) in [7, 11) is 1.73. The van der Waals surface area contributed by atoms with Crippen molar-refractivity contribution in [2.45, 2.75) is 38.1 Å². The summed E-state index contributed by atoms with van der Waals surface area (Å²) in [5.41, 5.74) is 0. The predicted molar refractivity (Wildman–Crippen MR) is 74.9 cm³/mol. The van der Waals surface area contributed by atoms with E-state index in [9.17, 15) is 0 Å². The molecule has 0 aliphatic heterocycles. The van der Waals surface area contributed by atoms with Crippen LogP contribution >= 0.6 is 15.9 Å². The number of halogens is 1. The number of ether oxygens (including phenoxy) is 2. The molecule has 0 atom stereocenters. The largest absolute Gasteiger partial charge is 0.385 e. The first-order valence-electron chi connectivity index (χ1n) is 6.75. The SMILES string of the molecule is COCCCOCCN(CCBr)C1CCCC1. The lowest BCUT2D eigenvalue weighted by Gasteiger charge is -2.27. The molecule has 0 heterocycles. The van der Waals surface area contributed by atoms with Crippen molar-refractivity contribution in [3.63, 3.8) is 0 Å². The molecule has 0 spiro atoms. The van der Waals surface area contributed by atoms with E-state index >= 15 is 0 Å². The van der Waals surface area contributed by atoms with E-state index in [2.05, 4.69) is 20.8 Å². The Morgan fingerprint density at radius 3 is 2.53 bits per heavy atom. The minimum atomic E-state index is 0.799. The number of hydrogen-bond donors (Lipinski definition) is 0. The summed E-state index contributed by atoms with van der Waals surface area (Å²) in [5, 5.41) is 1.06. The quantitative estimate of drug-likeness (QED) is 0.457. The second kappa shape index (κ2) is 10.3. The smallest absolute Gasteiger partial charge is 0.0593 e. The third kappa shape index (κ3) is 6.75. The van der Waals surface area contributed by atoms with Gasteiger partial charge in [-0.15, -0.1) is 0 Å². The highest BCUT2D eigenvalue weighted by molar-refractivity contribution is 9.09. The lowest BCUT2D eigenvalue weighted by Crippen LogP contribution is -2.37. The molecule has 1 saturated carbocycles. The van der Waals surface area contributed by atoms with Crippen LogP contribution in [0.25, 0.3) is 0 Å². The van der Waals surface area contributed by atoms with E-state index < -0.39 is 0 Å². The summed E-state index contributed by atoms with van der Waals surface area (Å²) in [6, 6.07) is 0.801. The summed E-state index contributed by atoms with van der Waals surface area (Å²) in [4.78, 5) is 2.58. The summed E-state index contributed by atoms with van der Waals surface area (Å²) >= 11 is 3.54. The van der Waals surface area contributed by atoms with Crippen LogP contribution in [0, 0.1) is 0 Å².